The molecule has 1 aromatic heterocycles. The number of nitrogens with zero attached hydrogens (tertiary/aromatic N) is 4. The number of methoxy groups -OCH3 is 1. The number of benzene rings is 1. The van der Waals surface area contributed by atoms with Crippen LogP contribution in [0.4, 0.5) is 5.95 Å². The van der Waals surface area contributed by atoms with Crippen LogP contribution >= 0.6 is 0 Å². The van der Waals surface area contributed by atoms with Crippen LogP contribution in [-0.2, 0) is 4.74 Å². The predicted octanol–water partition coefficient (Wildman–Crippen LogP) is 1.95. The molecule has 1 fully saturated rings. The van der Waals surface area contributed by atoms with Gasteiger partial charge < -0.3 is 10.1 Å². The van der Waals surface area contributed by atoms with Gasteiger partial charge in [-0.3, -0.25) is 0 Å². The van der Waals surface area contributed by atoms with Crippen molar-refractivity contribution in [2.45, 2.75) is 38.3 Å². The second-order valence-corrected chi connectivity index (χ2v) is 5.26. The van der Waals surface area contributed by atoms with Gasteiger partial charge in [-0.05, 0) is 48.7 Å². The molecule has 6 nitrogen and oxygen atoms in total. The molecule has 106 valence electrons. The summed E-state index contributed by atoms with van der Waals surface area (Å²) in [7, 11) is 1.77. The molecule has 0 amide bonds. The quantitative estimate of drug-likeness (QED) is 0.922. The highest BCUT2D eigenvalue weighted by molar-refractivity contribution is 5.40. The second-order valence-electron chi connectivity index (χ2n) is 5.26. The Balaban J connectivity index is 1.75. The molecule has 0 aliphatic heterocycles. The van der Waals surface area contributed by atoms with E-state index in [1.807, 2.05) is 12.1 Å². The van der Waals surface area contributed by atoms with Crippen molar-refractivity contribution >= 4 is 5.95 Å². The number of aromatic nitrogens is 4. The van der Waals surface area contributed by atoms with Gasteiger partial charge in [0.15, 0.2) is 0 Å². The zero-order valence-electron chi connectivity index (χ0n) is 11.8. The summed E-state index contributed by atoms with van der Waals surface area (Å²) in [4.78, 5) is 0. The zero-order valence-corrected chi connectivity index (χ0v) is 11.8. The van der Waals surface area contributed by atoms with Crippen LogP contribution in [0.3, 0.4) is 0 Å². The Morgan fingerprint density at radius 1 is 1.25 bits per heavy atom. The summed E-state index contributed by atoms with van der Waals surface area (Å²) in [6.45, 7) is 2.06. The lowest BCUT2D eigenvalue weighted by atomic mass is 10.2. The minimum absolute atomic E-state index is 0.344. The third kappa shape index (κ3) is 2.65. The summed E-state index contributed by atoms with van der Waals surface area (Å²) in [5.41, 5.74) is 2.18. The van der Waals surface area contributed by atoms with Crippen LogP contribution in [0.1, 0.15) is 24.8 Å². The first-order chi connectivity index (χ1) is 9.76. The molecular formula is C14H19N5O. The van der Waals surface area contributed by atoms with Crippen molar-refractivity contribution in [3.8, 4) is 5.69 Å². The van der Waals surface area contributed by atoms with E-state index in [0.717, 1.165) is 24.9 Å². The first kappa shape index (κ1) is 13.1. The number of aryl methyl sites for hydroxylation is 1. The van der Waals surface area contributed by atoms with E-state index in [0.29, 0.717) is 18.1 Å². The molecule has 2 atom stereocenters. The lowest BCUT2D eigenvalue weighted by Gasteiger charge is -2.13. The van der Waals surface area contributed by atoms with Gasteiger partial charge >= 0.3 is 0 Å². The lowest BCUT2D eigenvalue weighted by Crippen LogP contribution is -2.20. The molecule has 6 heteroatoms. The van der Waals surface area contributed by atoms with Gasteiger partial charge in [0.2, 0.25) is 5.95 Å². The van der Waals surface area contributed by atoms with E-state index in [-0.39, 0.29) is 0 Å². The summed E-state index contributed by atoms with van der Waals surface area (Å²) in [6, 6.07) is 8.51. The van der Waals surface area contributed by atoms with Gasteiger partial charge in [-0.15, -0.1) is 0 Å². The van der Waals surface area contributed by atoms with Crippen LogP contribution in [0.15, 0.2) is 24.3 Å². The number of anilines is 1. The van der Waals surface area contributed by atoms with Crippen LogP contribution in [0.25, 0.3) is 5.69 Å². The summed E-state index contributed by atoms with van der Waals surface area (Å²) in [6.07, 6.45) is 3.51. The smallest absolute Gasteiger partial charge is 0.247 e. The first-order valence-electron chi connectivity index (χ1n) is 6.91. The molecule has 3 rings (SSSR count). The Morgan fingerprint density at radius 2 is 2.05 bits per heavy atom. The van der Waals surface area contributed by atoms with Gasteiger partial charge in [-0.2, -0.15) is 4.68 Å². The Hall–Kier alpha value is -1.95. The van der Waals surface area contributed by atoms with Gasteiger partial charge in [-0.25, -0.2) is 0 Å². The van der Waals surface area contributed by atoms with Crippen molar-refractivity contribution in [1.29, 1.82) is 0 Å². The Bertz CT molecular complexity index is 565. The van der Waals surface area contributed by atoms with Crippen LogP contribution in [-0.4, -0.2) is 39.5 Å². The van der Waals surface area contributed by atoms with Gasteiger partial charge in [0.25, 0.3) is 0 Å². The van der Waals surface area contributed by atoms with Crippen LogP contribution in [0.2, 0.25) is 0 Å². The highest BCUT2D eigenvalue weighted by Gasteiger charge is 2.25. The minimum atomic E-state index is 0.344. The first-order valence-corrected chi connectivity index (χ1v) is 6.91. The zero-order chi connectivity index (χ0) is 13.9. The largest absolute Gasteiger partial charge is 0.381 e. The third-order valence-electron chi connectivity index (χ3n) is 3.80. The van der Waals surface area contributed by atoms with E-state index in [4.69, 9.17) is 4.74 Å². The monoisotopic (exact) mass is 273 g/mol. The Labute approximate surface area is 118 Å². The van der Waals surface area contributed by atoms with Crippen molar-refractivity contribution in [2.75, 3.05) is 12.4 Å². The fourth-order valence-electron chi connectivity index (χ4n) is 2.60. The average Bonchev–Trinajstić information content (AvgIpc) is 3.09. The Morgan fingerprint density at radius 3 is 2.75 bits per heavy atom. The molecule has 20 heavy (non-hydrogen) atoms. The molecule has 1 aliphatic rings. The number of nitrogens with one attached hydrogen (secondary N) is 1. The van der Waals surface area contributed by atoms with Crippen LogP contribution in [0.5, 0.6) is 0 Å². The fourth-order valence-corrected chi connectivity index (χ4v) is 2.60. The number of hydrogen-bond acceptors (Lipinski definition) is 5. The van der Waals surface area contributed by atoms with E-state index in [1.54, 1.807) is 11.8 Å². The van der Waals surface area contributed by atoms with Crippen molar-refractivity contribution in [3.63, 3.8) is 0 Å². The van der Waals surface area contributed by atoms with Crippen molar-refractivity contribution in [3.05, 3.63) is 29.8 Å². The molecule has 0 spiro atoms. The minimum Gasteiger partial charge on any atom is -0.381 e. The molecule has 0 radical (unpaired) electrons. The van der Waals surface area contributed by atoms with E-state index in [1.165, 1.54) is 5.56 Å². The maximum Gasteiger partial charge on any atom is 0.247 e. The number of tetrazole rings is 1. The second kappa shape index (κ2) is 5.58. The van der Waals surface area contributed by atoms with E-state index < -0.39 is 0 Å². The topological polar surface area (TPSA) is 64.9 Å². The van der Waals surface area contributed by atoms with E-state index >= 15 is 0 Å². The molecule has 1 aliphatic carbocycles. The maximum absolute atomic E-state index is 5.39. The van der Waals surface area contributed by atoms with Crippen LogP contribution < -0.4 is 5.32 Å². The number of hydrogen-bond donors (Lipinski definition) is 1. The highest BCUT2D eigenvalue weighted by atomic mass is 16.5. The number of ether oxygens (including phenoxy) is 1. The molecule has 2 aromatic rings. The molecule has 0 saturated heterocycles. The highest BCUT2D eigenvalue weighted by Crippen LogP contribution is 2.24. The van der Waals surface area contributed by atoms with Gasteiger partial charge in [0.05, 0.1) is 11.8 Å². The van der Waals surface area contributed by atoms with Crippen molar-refractivity contribution < 1.29 is 4.74 Å². The molecule has 2 unspecified atom stereocenters. The molecule has 1 saturated carbocycles. The van der Waals surface area contributed by atoms with Gasteiger partial charge in [-0.1, -0.05) is 22.8 Å². The molecule has 1 aromatic carbocycles. The van der Waals surface area contributed by atoms with Gasteiger partial charge in [0, 0.05) is 13.2 Å². The number of rotatable bonds is 4. The third-order valence-corrected chi connectivity index (χ3v) is 3.80. The molecule has 1 heterocycles. The van der Waals surface area contributed by atoms with Gasteiger partial charge in [0.1, 0.15) is 0 Å². The molecular weight excluding hydrogens is 254 g/mol. The Kier molecular flexibility index (Phi) is 3.64. The van der Waals surface area contributed by atoms with E-state index in [9.17, 15) is 0 Å². The summed E-state index contributed by atoms with van der Waals surface area (Å²) in [5.74, 6) is 0.690. The maximum atomic E-state index is 5.39. The molecule has 1 N–H and O–H groups in total. The normalized spacial score (nSPS) is 22.1. The van der Waals surface area contributed by atoms with Crippen molar-refractivity contribution in [2.24, 2.45) is 0 Å². The van der Waals surface area contributed by atoms with E-state index in [2.05, 4.69) is 39.9 Å². The SMILES string of the molecule is COC1CCC(Nc2nnnn2-c2ccc(C)cc2)C1. The molecule has 0 bridgehead atoms. The predicted molar refractivity (Wildman–Crippen MR) is 75.9 cm³/mol. The van der Waals surface area contributed by atoms with Crippen LogP contribution in [0, 0.1) is 6.92 Å². The fraction of sp³-hybridized carbons (Fsp3) is 0.500. The average molecular weight is 273 g/mol. The lowest BCUT2D eigenvalue weighted by molar-refractivity contribution is 0.108. The summed E-state index contributed by atoms with van der Waals surface area (Å²) < 4.78 is 7.13. The summed E-state index contributed by atoms with van der Waals surface area (Å²) in [5, 5.41) is 15.3. The standard InChI is InChI=1S/C14H19N5O/c1-10-3-6-12(7-4-10)19-14(16-17-18-19)15-11-5-8-13(9-11)20-2/h3-4,6-7,11,13H,5,8-9H2,1-2H3,(H,15,16,18). The summed E-state index contributed by atoms with van der Waals surface area (Å²) >= 11 is 0. The van der Waals surface area contributed by atoms with Crippen molar-refractivity contribution in [1.82, 2.24) is 20.2 Å².